The second kappa shape index (κ2) is 10.9. The highest BCUT2D eigenvalue weighted by atomic mass is 16.5. The maximum atomic E-state index is 13.8. The quantitative estimate of drug-likeness (QED) is 0.377. The van der Waals surface area contributed by atoms with Crippen LogP contribution in [-0.4, -0.2) is 29.9 Å². The first kappa shape index (κ1) is 24.7. The molecular formula is C29H29N3O4. The molecular weight excluding hydrogens is 454 g/mol. The molecule has 0 aliphatic rings. The molecule has 1 heterocycles. The van der Waals surface area contributed by atoms with Gasteiger partial charge < -0.3 is 14.8 Å². The van der Waals surface area contributed by atoms with Crippen molar-refractivity contribution in [2.75, 3.05) is 14.2 Å². The molecule has 36 heavy (non-hydrogen) atoms. The number of hydrogen-bond acceptors (Lipinski definition) is 5. The standard InChI is InChI=1S/C29H29N3O4/c1-5-32-29(34)26(28(33)30-19(2)22-16-17-23(35-3)24(18-22)36-4)25(20-12-8-6-9-13-20)27(31-32)21-14-10-7-11-15-21/h6-19H,5H2,1-4H3,(H,30,33). The zero-order valence-electron chi connectivity index (χ0n) is 20.8. The number of benzene rings is 3. The molecule has 1 amide bonds. The Labute approximate surface area is 210 Å². The molecule has 0 fully saturated rings. The Hall–Kier alpha value is -4.39. The number of nitrogens with one attached hydrogen (secondary N) is 1. The lowest BCUT2D eigenvalue weighted by molar-refractivity contribution is 0.0938. The fourth-order valence-electron chi connectivity index (χ4n) is 4.15. The number of rotatable bonds is 8. The van der Waals surface area contributed by atoms with Crippen molar-refractivity contribution in [3.05, 3.63) is 100 Å². The van der Waals surface area contributed by atoms with Gasteiger partial charge in [0.1, 0.15) is 5.56 Å². The van der Waals surface area contributed by atoms with Crippen molar-refractivity contribution >= 4 is 5.91 Å². The maximum absolute atomic E-state index is 13.8. The molecule has 0 aliphatic carbocycles. The van der Waals surface area contributed by atoms with Crippen LogP contribution in [0.3, 0.4) is 0 Å². The lowest BCUT2D eigenvalue weighted by atomic mass is 9.94. The van der Waals surface area contributed by atoms with Crippen LogP contribution in [0.25, 0.3) is 22.4 Å². The van der Waals surface area contributed by atoms with Crippen LogP contribution in [0.1, 0.15) is 35.8 Å². The zero-order chi connectivity index (χ0) is 25.7. The van der Waals surface area contributed by atoms with E-state index >= 15 is 0 Å². The third-order valence-electron chi connectivity index (χ3n) is 6.05. The predicted octanol–water partition coefficient (Wildman–Crippen LogP) is 5.11. The monoisotopic (exact) mass is 483 g/mol. The Balaban J connectivity index is 1.85. The van der Waals surface area contributed by atoms with Crippen molar-refractivity contribution in [3.8, 4) is 33.9 Å². The lowest BCUT2D eigenvalue weighted by Gasteiger charge is -2.20. The van der Waals surface area contributed by atoms with Crippen molar-refractivity contribution in [2.24, 2.45) is 0 Å². The van der Waals surface area contributed by atoms with Crippen molar-refractivity contribution in [1.82, 2.24) is 15.1 Å². The zero-order valence-corrected chi connectivity index (χ0v) is 20.8. The second-order valence-corrected chi connectivity index (χ2v) is 8.26. The van der Waals surface area contributed by atoms with E-state index in [-0.39, 0.29) is 5.56 Å². The predicted molar refractivity (Wildman–Crippen MR) is 140 cm³/mol. The highest BCUT2D eigenvalue weighted by Crippen LogP contribution is 2.33. The molecule has 0 bridgehead atoms. The number of carbonyl (C=O) groups excluding carboxylic acids is 1. The average molecular weight is 484 g/mol. The molecule has 4 rings (SSSR count). The molecule has 184 valence electrons. The van der Waals surface area contributed by atoms with Gasteiger partial charge in [-0.25, -0.2) is 4.68 Å². The lowest BCUT2D eigenvalue weighted by Crippen LogP contribution is -2.36. The SMILES string of the molecule is CCn1nc(-c2ccccc2)c(-c2ccccc2)c(C(=O)NC(C)c2ccc(OC)c(OC)c2)c1=O. The van der Waals surface area contributed by atoms with Crippen LogP contribution in [0.5, 0.6) is 11.5 Å². The summed E-state index contributed by atoms with van der Waals surface area (Å²) in [6.45, 7) is 4.03. The first-order valence-corrected chi connectivity index (χ1v) is 11.8. The number of carbonyl (C=O) groups is 1. The summed E-state index contributed by atoms with van der Waals surface area (Å²) in [5, 5.41) is 7.66. The molecule has 7 heteroatoms. The topological polar surface area (TPSA) is 82.5 Å². The van der Waals surface area contributed by atoms with E-state index in [1.54, 1.807) is 20.3 Å². The van der Waals surface area contributed by atoms with Crippen LogP contribution < -0.4 is 20.3 Å². The van der Waals surface area contributed by atoms with Crippen LogP contribution >= 0.6 is 0 Å². The summed E-state index contributed by atoms with van der Waals surface area (Å²) >= 11 is 0. The van der Waals surface area contributed by atoms with Crippen LogP contribution in [0.4, 0.5) is 0 Å². The fourth-order valence-corrected chi connectivity index (χ4v) is 4.15. The van der Waals surface area contributed by atoms with E-state index in [9.17, 15) is 9.59 Å². The van der Waals surface area contributed by atoms with Gasteiger partial charge in [0.05, 0.1) is 26.0 Å². The van der Waals surface area contributed by atoms with Gasteiger partial charge >= 0.3 is 0 Å². The summed E-state index contributed by atoms with van der Waals surface area (Å²) in [7, 11) is 3.13. The number of nitrogens with zero attached hydrogens (tertiary/aromatic N) is 2. The number of amides is 1. The Morgan fingerprint density at radius 3 is 2.11 bits per heavy atom. The van der Waals surface area contributed by atoms with E-state index in [1.165, 1.54) is 4.68 Å². The van der Waals surface area contributed by atoms with E-state index < -0.39 is 17.5 Å². The van der Waals surface area contributed by atoms with Gasteiger partial charge in [-0.15, -0.1) is 0 Å². The van der Waals surface area contributed by atoms with Crippen molar-refractivity contribution in [3.63, 3.8) is 0 Å². The number of methoxy groups -OCH3 is 2. The molecule has 1 aromatic heterocycles. The van der Waals surface area contributed by atoms with Gasteiger partial charge in [-0.3, -0.25) is 9.59 Å². The van der Waals surface area contributed by atoms with Crippen molar-refractivity contribution in [1.29, 1.82) is 0 Å². The minimum atomic E-state index is -0.470. The smallest absolute Gasteiger partial charge is 0.280 e. The normalized spacial score (nSPS) is 11.6. The highest BCUT2D eigenvalue weighted by molar-refractivity contribution is 6.03. The van der Waals surface area contributed by atoms with Gasteiger partial charge in [0, 0.05) is 17.7 Å². The minimum Gasteiger partial charge on any atom is -0.493 e. The summed E-state index contributed by atoms with van der Waals surface area (Å²) in [5.41, 5.74) is 3.09. The molecule has 0 saturated carbocycles. The Morgan fingerprint density at radius 2 is 1.53 bits per heavy atom. The molecule has 1 atom stereocenters. The minimum absolute atomic E-state index is 0.0595. The molecule has 3 aromatic carbocycles. The summed E-state index contributed by atoms with van der Waals surface area (Å²) in [5.74, 6) is 0.686. The largest absolute Gasteiger partial charge is 0.493 e. The van der Waals surface area contributed by atoms with Crippen LogP contribution in [0.2, 0.25) is 0 Å². The molecule has 0 aliphatic heterocycles. The van der Waals surface area contributed by atoms with E-state index in [4.69, 9.17) is 9.47 Å². The van der Waals surface area contributed by atoms with Crippen molar-refractivity contribution < 1.29 is 14.3 Å². The Bertz CT molecular complexity index is 1420. The second-order valence-electron chi connectivity index (χ2n) is 8.26. The Morgan fingerprint density at radius 1 is 0.917 bits per heavy atom. The molecule has 1 N–H and O–H groups in total. The van der Waals surface area contributed by atoms with Crippen LogP contribution in [-0.2, 0) is 6.54 Å². The van der Waals surface area contributed by atoms with E-state index in [1.807, 2.05) is 86.6 Å². The van der Waals surface area contributed by atoms with Crippen LogP contribution in [0.15, 0.2) is 83.7 Å². The number of aromatic nitrogens is 2. The summed E-state index contributed by atoms with van der Waals surface area (Å²) in [4.78, 5) is 27.3. The van der Waals surface area contributed by atoms with Gasteiger partial charge in [-0.1, -0.05) is 66.7 Å². The van der Waals surface area contributed by atoms with Gasteiger partial charge in [0.2, 0.25) is 0 Å². The van der Waals surface area contributed by atoms with E-state index in [0.29, 0.717) is 29.3 Å². The first-order chi connectivity index (χ1) is 17.5. The first-order valence-electron chi connectivity index (χ1n) is 11.8. The number of hydrogen-bond donors (Lipinski definition) is 1. The summed E-state index contributed by atoms with van der Waals surface area (Å²) < 4.78 is 12.1. The summed E-state index contributed by atoms with van der Waals surface area (Å²) in [6, 6.07) is 24.1. The molecule has 0 radical (unpaired) electrons. The molecule has 7 nitrogen and oxygen atoms in total. The molecule has 0 saturated heterocycles. The van der Waals surface area contributed by atoms with Crippen LogP contribution in [0, 0.1) is 0 Å². The van der Waals surface area contributed by atoms with Gasteiger partial charge in [-0.05, 0) is 37.1 Å². The van der Waals surface area contributed by atoms with Gasteiger partial charge in [0.15, 0.2) is 11.5 Å². The number of aryl methyl sites for hydroxylation is 1. The van der Waals surface area contributed by atoms with Gasteiger partial charge in [0.25, 0.3) is 11.5 Å². The molecule has 0 spiro atoms. The average Bonchev–Trinajstić information content (AvgIpc) is 2.93. The highest BCUT2D eigenvalue weighted by Gasteiger charge is 2.26. The third-order valence-corrected chi connectivity index (χ3v) is 6.05. The van der Waals surface area contributed by atoms with Gasteiger partial charge in [-0.2, -0.15) is 5.10 Å². The molecule has 4 aromatic rings. The Kier molecular flexibility index (Phi) is 7.49. The van der Waals surface area contributed by atoms with E-state index in [0.717, 1.165) is 16.7 Å². The molecule has 1 unspecified atom stereocenters. The van der Waals surface area contributed by atoms with E-state index in [2.05, 4.69) is 10.4 Å². The number of ether oxygens (including phenoxy) is 2. The third kappa shape index (κ3) is 4.86. The van der Waals surface area contributed by atoms with Crippen molar-refractivity contribution in [2.45, 2.75) is 26.4 Å². The summed E-state index contributed by atoms with van der Waals surface area (Å²) in [6.07, 6.45) is 0. The maximum Gasteiger partial charge on any atom is 0.280 e. The fraction of sp³-hybridized carbons (Fsp3) is 0.207.